The molecule has 6 nitrogen and oxygen atoms in total. The number of rotatable bonds is 5. The van der Waals surface area contributed by atoms with Crippen LogP contribution in [-0.4, -0.2) is 25.6 Å². The molecule has 3 amide bonds. The van der Waals surface area contributed by atoms with Crippen molar-refractivity contribution in [1.82, 2.24) is 5.32 Å². The third-order valence-corrected chi connectivity index (χ3v) is 4.74. The van der Waals surface area contributed by atoms with Gasteiger partial charge in [-0.1, -0.05) is 30.7 Å². The lowest BCUT2D eigenvalue weighted by Gasteiger charge is -2.16. The molecule has 2 aromatic carbocycles. The van der Waals surface area contributed by atoms with Gasteiger partial charge in [0.15, 0.2) is 0 Å². The normalized spacial score (nSPS) is 12.5. The molecule has 2 aromatic rings. The van der Waals surface area contributed by atoms with E-state index in [2.05, 4.69) is 10.6 Å². The van der Waals surface area contributed by atoms with E-state index in [1.54, 1.807) is 18.2 Å². The SMILES string of the molecule is CCC(=O)N1CCc2cc(CNC(=O)Nc3cc(Cl)ccc3OC)ccc21. The summed E-state index contributed by atoms with van der Waals surface area (Å²) in [5.74, 6) is 0.669. The van der Waals surface area contributed by atoms with E-state index in [0.717, 1.165) is 23.2 Å². The highest BCUT2D eigenvalue weighted by molar-refractivity contribution is 6.31. The largest absolute Gasteiger partial charge is 0.495 e. The minimum Gasteiger partial charge on any atom is -0.495 e. The molecule has 0 spiro atoms. The van der Waals surface area contributed by atoms with Crippen molar-refractivity contribution in [3.05, 3.63) is 52.5 Å². The number of amides is 3. The van der Waals surface area contributed by atoms with E-state index >= 15 is 0 Å². The van der Waals surface area contributed by atoms with Crippen molar-refractivity contribution >= 4 is 34.9 Å². The van der Waals surface area contributed by atoms with Gasteiger partial charge in [0.25, 0.3) is 0 Å². The average Bonchev–Trinajstić information content (AvgIpc) is 3.09. The standard InChI is InChI=1S/C20H22ClN3O3/c1-3-19(25)24-9-8-14-10-13(4-6-17(14)24)12-22-20(26)23-16-11-15(21)5-7-18(16)27-2/h4-7,10-11H,3,8-9,12H2,1-2H3,(H2,22,23,26). The van der Waals surface area contributed by atoms with Crippen LogP contribution in [0, 0.1) is 0 Å². The van der Waals surface area contributed by atoms with E-state index in [1.165, 1.54) is 7.11 Å². The molecule has 1 aliphatic heterocycles. The fourth-order valence-corrected chi connectivity index (χ4v) is 3.31. The zero-order chi connectivity index (χ0) is 19.4. The molecule has 0 unspecified atom stereocenters. The summed E-state index contributed by atoms with van der Waals surface area (Å²) in [6, 6.07) is 10.6. The van der Waals surface area contributed by atoms with Crippen molar-refractivity contribution in [3.63, 3.8) is 0 Å². The Morgan fingerprint density at radius 1 is 1.22 bits per heavy atom. The van der Waals surface area contributed by atoms with Gasteiger partial charge in [-0.15, -0.1) is 0 Å². The summed E-state index contributed by atoms with van der Waals surface area (Å²) in [5, 5.41) is 6.08. The molecule has 0 bridgehead atoms. The molecule has 0 aromatic heterocycles. The number of hydrogen-bond acceptors (Lipinski definition) is 3. The number of ether oxygens (including phenoxy) is 1. The Bertz CT molecular complexity index is 870. The second-order valence-corrected chi connectivity index (χ2v) is 6.70. The van der Waals surface area contributed by atoms with Crippen LogP contribution < -0.4 is 20.3 Å². The van der Waals surface area contributed by atoms with Gasteiger partial charge in [0, 0.05) is 30.2 Å². The predicted molar refractivity (Wildman–Crippen MR) is 107 cm³/mol. The molecule has 0 radical (unpaired) electrons. The minimum absolute atomic E-state index is 0.134. The highest BCUT2D eigenvalue weighted by Crippen LogP contribution is 2.30. The van der Waals surface area contributed by atoms with Crippen molar-refractivity contribution in [2.24, 2.45) is 0 Å². The first-order valence-electron chi connectivity index (χ1n) is 8.82. The van der Waals surface area contributed by atoms with Crippen LogP contribution in [0.5, 0.6) is 5.75 Å². The summed E-state index contributed by atoms with van der Waals surface area (Å²) in [6.45, 7) is 2.96. The maximum absolute atomic E-state index is 12.2. The van der Waals surface area contributed by atoms with Crippen LogP contribution in [0.1, 0.15) is 24.5 Å². The van der Waals surface area contributed by atoms with Gasteiger partial charge in [0.1, 0.15) is 5.75 Å². The zero-order valence-electron chi connectivity index (χ0n) is 15.3. The van der Waals surface area contributed by atoms with E-state index in [0.29, 0.717) is 36.0 Å². The van der Waals surface area contributed by atoms with Gasteiger partial charge in [-0.05, 0) is 41.8 Å². The number of methoxy groups -OCH3 is 1. The van der Waals surface area contributed by atoms with Gasteiger partial charge < -0.3 is 20.3 Å². The van der Waals surface area contributed by atoms with Crippen molar-refractivity contribution in [1.29, 1.82) is 0 Å². The number of hydrogen-bond donors (Lipinski definition) is 2. The lowest BCUT2D eigenvalue weighted by atomic mass is 10.1. The van der Waals surface area contributed by atoms with Gasteiger partial charge in [-0.25, -0.2) is 4.79 Å². The molecular weight excluding hydrogens is 366 g/mol. The Morgan fingerprint density at radius 2 is 2.04 bits per heavy atom. The molecule has 0 aliphatic carbocycles. The fraction of sp³-hybridized carbons (Fsp3) is 0.300. The fourth-order valence-electron chi connectivity index (χ4n) is 3.14. The first-order valence-corrected chi connectivity index (χ1v) is 9.20. The van der Waals surface area contributed by atoms with Crippen molar-refractivity contribution < 1.29 is 14.3 Å². The van der Waals surface area contributed by atoms with Gasteiger partial charge >= 0.3 is 6.03 Å². The second kappa shape index (κ2) is 8.31. The molecule has 2 N–H and O–H groups in total. The Kier molecular flexibility index (Phi) is 5.86. The molecule has 1 aliphatic rings. The number of halogens is 1. The summed E-state index contributed by atoms with van der Waals surface area (Å²) in [4.78, 5) is 26.0. The zero-order valence-corrected chi connectivity index (χ0v) is 16.1. The van der Waals surface area contributed by atoms with Crippen LogP contribution in [-0.2, 0) is 17.8 Å². The number of carbonyl (C=O) groups excluding carboxylic acids is 2. The molecule has 142 valence electrons. The summed E-state index contributed by atoms with van der Waals surface area (Å²) in [7, 11) is 1.53. The number of nitrogens with one attached hydrogen (secondary N) is 2. The highest BCUT2D eigenvalue weighted by atomic mass is 35.5. The molecule has 0 atom stereocenters. The molecular formula is C20H22ClN3O3. The third-order valence-electron chi connectivity index (χ3n) is 4.51. The van der Waals surface area contributed by atoms with Crippen LogP contribution in [0.4, 0.5) is 16.2 Å². The molecule has 7 heteroatoms. The molecule has 27 heavy (non-hydrogen) atoms. The van der Waals surface area contributed by atoms with Crippen LogP contribution in [0.2, 0.25) is 5.02 Å². The number of fused-ring (bicyclic) bond motifs is 1. The lowest BCUT2D eigenvalue weighted by Crippen LogP contribution is -2.28. The van der Waals surface area contributed by atoms with Crippen LogP contribution in [0.15, 0.2) is 36.4 Å². The lowest BCUT2D eigenvalue weighted by molar-refractivity contribution is -0.118. The van der Waals surface area contributed by atoms with E-state index in [4.69, 9.17) is 16.3 Å². The first-order chi connectivity index (χ1) is 13.0. The average molecular weight is 388 g/mol. The summed E-state index contributed by atoms with van der Waals surface area (Å²) in [5.41, 5.74) is 3.59. The number of benzene rings is 2. The number of nitrogens with zero attached hydrogens (tertiary/aromatic N) is 1. The van der Waals surface area contributed by atoms with Gasteiger partial charge in [0.2, 0.25) is 5.91 Å². The van der Waals surface area contributed by atoms with Gasteiger partial charge in [-0.3, -0.25) is 4.79 Å². The Morgan fingerprint density at radius 3 is 2.78 bits per heavy atom. The number of anilines is 2. The topological polar surface area (TPSA) is 70.7 Å². The van der Waals surface area contributed by atoms with Gasteiger partial charge in [0.05, 0.1) is 12.8 Å². The quantitative estimate of drug-likeness (QED) is 0.815. The van der Waals surface area contributed by atoms with Crippen LogP contribution >= 0.6 is 11.6 Å². The maximum atomic E-state index is 12.2. The second-order valence-electron chi connectivity index (χ2n) is 6.26. The molecule has 0 fully saturated rings. The Labute approximate surface area is 163 Å². The third kappa shape index (κ3) is 4.34. The summed E-state index contributed by atoms with van der Waals surface area (Å²) in [6.07, 6.45) is 1.33. The number of urea groups is 1. The molecule has 1 heterocycles. The van der Waals surface area contributed by atoms with E-state index in [9.17, 15) is 9.59 Å². The summed E-state index contributed by atoms with van der Waals surface area (Å²) < 4.78 is 5.22. The van der Waals surface area contributed by atoms with Crippen molar-refractivity contribution in [3.8, 4) is 5.75 Å². The molecule has 3 rings (SSSR count). The Balaban J connectivity index is 1.62. The molecule has 0 saturated heterocycles. The van der Waals surface area contributed by atoms with E-state index in [-0.39, 0.29) is 11.9 Å². The highest BCUT2D eigenvalue weighted by Gasteiger charge is 2.23. The van der Waals surface area contributed by atoms with E-state index < -0.39 is 0 Å². The van der Waals surface area contributed by atoms with Crippen LogP contribution in [0.3, 0.4) is 0 Å². The Hall–Kier alpha value is -2.73. The van der Waals surface area contributed by atoms with Gasteiger partial charge in [-0.2, -0.15) is 0 Å². The predicted octanol–water partition coefficient (Wildman–Crippen LogP) is 3.97. The van der Waals surface area contributed by atoms with E-state index in [1.807, 2.05) is 30.0 Å². The summed E-state index contributed by atoms with van der Waals surface area (Å²) >= 11 is 5.97. The minimum atomic E-state index is -0.348. The monoisotopic (exact) mass is 387 g/mol. The van der Waals surface area contributed by atoms with Crippen LogP contribution in [0.25, 0.3) is 0 Å². The molecule has 0 saturated carbocycles. The maximum Gasteiger partial charge on any atom is 0.319 e. The number of carbonyl (C=O) groups is 2. The first kappa shape index (κ1) is 19.0. The van der Waals surface area contributed by atoms with Crippen molar-refractivity contribution in [2.75, 3.05) is 23.9 Å². The smallest absolute Gasteiger partial charge is 0.319 e. The van der Waals surface area contributed by atoms with Crippen molar-refractivity contribution in [2.45, 2.75) is 26.3 Å².